The van der Waals surface area contributed by atoms with E-state index in [4.69, 9.17) is 4.74 Å². The average molecular weight is 272 g/mol. The molecule has 3 nitrogen and oxygen atoms in total. The Morgan fingerprint density at radius 3 is 2.36 bits per heavy atom. The third-order valence-electron chi connectivity index (χ3n) is 1.35. The Morgan fingerprint density at radius 1 is 1.45 bits per heavy atom. The number of ether oxygens (including phenoxy) is 2. The minimum absolute atomic E-state index is 0.00505. The van der Waals surface area contributed by atoms with Gasteiger partial charge in [-0.1, -0.05) is 13.8 Å². The second-order valence-corrected chi connectivity index (χ2v) is 2.68. The summed E-state index contributed by atoms with van der Waals surface area (Å²) in [6.45, 7) is 3.96. The van der Waals surface area contributed by atoms with E-state index in [0.29, 0.717) is 4.61 Å². The summed E-state index contributed by atoms with van der Waals surface area (Å²) in [7, 11) is 0. The van der Waals surface area contributed by atoms with E-state index in [1.807, 2.05) is 36.4 Å². The molecular weight excluding hydrogens is 259 g/mol. The average Bonchev–Trinajstić information content (AvgIpc) is 2.01. The highest BCUT2D eigenvalue weighted by Gasteiger charge is 2.10. The molecule has 0 atom stereocenters. The summed E-state index contributed by atoms with van der Waals surface area (Å²) in [4.78, 5) is 10.7. The van der Waals surface area contributed by atoms with Gasteiger partial charge in [-0.2, -0.15) is 0 Å². The van der Waals surface area contributed by atoms with Gasteiger partial charge in [0.2, 0.25) is 0 Å². The molecule has 66 valence electrons. The molecule has 0 heterocycles. The van der Waals surface area contributed by atoms with Crippen LogP contribution in [0, 0.1) is 0 Å². The smallest absolute Gasteiger partial charge is 0.431 e. The van der Waals surface area contributed by atoms with E-state index in [-0.39, 0.29) is 6.10 Å². The second kappa shape index (κ2) is 6.69. The number of carbonyl (C=O) groups is 1. The van der Waals surface area contributed by atoms with Crippen molar-refractivity contribution >= 4 is 28.7 Å². The molecule has 0 aromatic heterocycles. The van der Waals surface area contributed by atoms with Crippen LogP contribution in [0.1, 0.15) is 26.7 Å². The molecule has 0 aliphatic heterocycles. The van der Waals surface area contributed by atoms with Crippen molar-refractivity contribution in [2.75, 3.05) is 4.61 Å². The molecule has 0 aromatic carbocycles. The molecule has 0 saturated carbocycles. The molecule has 0 saturated heterocycles. The largest absolute Gasteiger partial charge is 0.509 e. The van der Waals surface area contributed by atoms with Gasteiger partial charge in [-0.3, -0.25) is 0 Å². The molecule has 11 heavy (non-hydrogen) atoms. The molecule has 0 spiro atoms. The zero-order valence-corrected chi connectivity index (χ0v) is 8.96. The van der Waals surface area contributed by atoms with Gasteiger partial charge in [0.1, 0.15) is 10.7 Å². The Balaban J connectivity index is 3.54. The predicted octanol–water partition coefficient (Wildman–Crippen LogP) is 2.72. The topological polar surface area (TPSA) is 35.5 Å². The summed E-state index contributed by atoms with van der Waals surface area (Å²) in [5.74, 6) is 0. The van der Waals surface area contributed by atoms with E-state index in [1.165, 1.54) is 0 Å². The van der Waals surface area contributed by atoms with Crippen molar-refractivity contribution in [3.63, 3.8) is 0 Å². The Labute approximate surface area is 80.6 Å². The quantitative estimate of drug-likeness (QED) is 0.448. The van der Waals surface area contributed by atoms with Gasteiger partial charge in [0.05, 0.1) is 0 Å². The van der Waals surface area contributed by atoms with Crippen molar-refractivity contribution < 1.29 is 14.3 Å². The van der Waals surface area contributed by atoms with Crippen molar-refractivity contribution in [1.29, 1.82) is 0 Å². The van der Waals surface area contributed by atoms with Gasteiger partial charge in [-0.25, -0.2) is 4.79 Å². The fourth-order valence-electron chi connectivity index (χ4n) is 0.670. The third-order valence-corrected chi connectivity index (χ3v) is 1.66. The lowest BCUT2D eigenvalue weighted by atomic mass is 10.2. The highest BCUT2D eigenvalue weighted by atomic mass is 127. The van der Waals surface area contributed by atoms with Crippen molar-refractivity contribution in [3.05, 3.63) is 0 Å². The molecule has 0 aliphatic rings. The van der Waals surface area contributed by atoms with E-state index in [0.717, 1.165) is 12.8 Å². The molecule has 0 fully saturated rings. The van der Waals surface area contributed by atoms with Crippen molar-refractivity contribution in [2.24, 2.45) is 0 Å². The highest BCUT2D eigenvalue weighted by molar-refractivity contribution is 14.1. The van der Waals surface area contributed by atoms with E-state index >= 15 is 0 Å². The molecule has 0 amide bonds. The third kappa shape index (κ3) is 5.29. The van der Waals surface area contributed by atoms with Crippen LogP contribution in [0.5, 0.6) is 0 Å². The number of rotatable bonds is 4. The molecule has 0 bridgehead atoms. The van der Waals surface area contributed by atoms with Gasteiger partial charge in [-0.15, -0.1) is 0 Å². The van der Waals surface area contributed by atoms with Crippen LogP contribution in [-0.4, -0.2) is 16.9 Å². The van der Waals surface area contributed by atoms with E-state index in [1.54, 1.807) is 0 Å². The van der Waals surface area contributed by atoms with Crippen LogP contribution in [-0.2, 0) is 9.47 Å². The summed E-state index contributed by atoms with van der Waals surface area (Å²) in [6, 6.07) is 0. The first-order chi connectivity index (χ1) is 5.24. The van der Waals surface area contributed by atoms with Gasteiger partial charge in [0, 0.05) is 0 Å². The molecule has 0 radical (unpaired) electrons. The molecule has 0 rings (SSSR count). The van der Waals surface area contributed by atoms with Crippen LogP contribution >= 0.6 is 22.6 Å². The SMILES string of the molecule is CCC(CC)OC(=O)OCI. The molecular formula is C7H13IO3. The Morgan fingerprint density at radius 2 is 2.00 bits per heavy atom. The monoisotopic (exact) mass is 272 g/mol. The standard InChI is InChI=1S/C7H13IO3/c1-3-6(4-2)11-7(9)10-5-8/h6H,3-5H2,1-2H3. The zero-order chi connectivity index (χ0) is 8.69. The Kier molecular flexibility index (Phi) is 6.69. The molecule has 0 aliphatic carbocycles. The summed E-state index contributed by atoms with van der Waals surface area (Å²) in [6.07, 6.45) is 1.12. The molecule has 0 N–H and O–H groups in total. The fraction of sp³-hybridized carbons (Fsp3) is 0.857. The maximum atomic E-state index is 10.7. The van der Waals surface area contributed by atoms with Crippen LogP contribution < -0.4 is 0 Å². The molecule has 4 heteroatoms. The summed E-state index contributed by atoms with van der Waals surface area (Å²) in [5, 5.41) is 0. The summed E-state index contributed by atoms with van der Waals surface area (Å²) >= 11 is 1.95. The Hall–Kier alpha value is 0. The van der Waals surface area contributed by atoms with Crippen LogP contribution in [0.15, 0.2) is 0 Å². The first-order valence-electron chi connectivity index (χ1n) is 3.63. The normalized spacial score (nSPS) is 9.82. The van der Waals surface area contributed by atoms with Crippen LogP contribution in [0.3, 0.4) is 0 Å². The zero-order valence-electron chi connectivity index (χ0n) is 6.80. The second-order valence-electron chi connectivity index (χ2n) is 2.06. The number of alkyl halides is 1. The number of halogens is 1. The van der Waals surface area contributed by atoms with E-state index < -0.39 is 6.16 Å². The van der Waals surface area contributed by atoms with Crippen molar-refractivity contribution in [2.45, 2.75) is 32.8 Å². The van der Waals surface area contributed by atoms with Gasteiger partial charge >= 0.3 is 6.16 Å². The lowest BCUT2D eigenvalue weighted by Crippen LogP contribution is -2.16. The molecule has 0 unspecified atom stereocenters. The fourth-order valence-corrected chi connectivity index (χ4v) is 0.924. The Bertz CT molecular complexity index is 112. The van der Waals surface area contributed by atoms with Crippen LogP contribution in [0.2, 0.25) is 0 Å². The van der Waals surface area contributed by atoms with Gasteiger partial charge in [-0.05, 0) is 35.4 Å². The number of hydrogen-bond acceptors (Lipinski definition) is 3. The van der Waals surface area contributed by atoms with Gasteiger partial charge in [0.25, 0.3) is 0 Å². The van der Waals surface area contributed by atoms with Crippen molar-refractivity contribution in [1.82, 2.24) is 0 Å². The number of carbonyl (C=O) groups excluding carboxylic acids is 1. The van der Waals surface area contributed by atoms with E-state index in [2.05, 4.69) is 4.74 Å². The maximum absolute atomic E-state index is 10.7. The van der Waals surface area contributed by atoms with Crippen molar-refractivity contribution in [3.8, 4) is 0 Å². The summed E-state index contributed by atoms with van der Waals surface area (Å²) in [5.41, 5.74) is 0. The lowest BCUT2D eigenvalue weighted by molar-refractivity contribution is 0.0327. The van der Waals surface area contributed by atoms with Gasteiger partial charge in [0.15, 0.2) is 0 Å². The first-order valence-corrected chi connectivity index (χ1v) is 5.16. The first kappa shape index (κ1) is 11.0. The maximum Gasteiger partial charge on any atom is 0.509 e. The van der Waals surface area contributed by atoms with Gasteiger partial charge < -0.3 is 9.47 Å². The van der Waals surface area contributed by atoms with E-state index in [9.17, 15) is 4.79 Å². The summed E-state index contributed by atoms with van der Waals surface area (Å²) < 4.78 is 9.87. The minimum atomic E-state index is -0.562. The minimum Gasteiger partial charge on any atom is -0.431 e. The lowest BCUT2D eigenvalue weighted by Gasteiger charge is -2.12. The van der Waals surface area contributed by atoms with Crippen LogP contribution in [0.25, 0.3) is 0 Å². The molecule has 0 aromatic rings. The van der Waals surface area contributed by atoms with Crippen LogP contribution in [0.4, 0.5) is 4.79 Å². The number of hydrogen-bond donors (Lipinski definition) is 0. The highest BCUT2D eigenvalue weighted by Crippen LogP contribution is 2.04. The predicted molar refractivity (Wildman–Crippen MR) is 50.8 cm³/mol.